The molecule has 1 aliphatic heterocycles. The largest absolute Gasteiger partial charge is 0.494 e. The molecule has 0 aromatic heterocycles. The number of thioether (sulfide) groups is 1. The van der Waals surface area contributed by atoms with Gasteiger partial charge in [0.1, 0.15) is 12.3 Å². The number of benzene rings is 1. The van der Waals surface area contributed by atoms with Gasteiger partial charge >= 0.3 is 5.97 Å². The predicted octanol–water partition coefficient (Wildman–Crippen LogP) is 3.73. The van der Waals surface area contributed by atoms with Crippen LogP contribution in [0.25, 0.3) is 6.08 Å². The molecule has 1 saturated heterocycles. The van der Waals surface area contributed by atoms with Gasteiger partial charge in [-0.05, 0) is 66.4 Å². The van der Waals surface area contributed by atoms with Gasteiger partial charge in [0.2, 0.25) is 0 Å². The maximum Gasteiger partial charge on any atom is 0.325 e. The first-order chi connectivity index (χ1) is 12.3. The molecule has 140 valence electrons. The molecule has 1 fully saturated rings. The summed E-state index contributed by atoms with van der Waals surface area (Å²) in [5.74, 6) is -0.0349. The van der Waals surface area contributed by atoms with E-state index < -0.39 is 17.1 Å². The second-order valence-corrected chi connectivity index (χ2v) is 7.17. The zero-order valence-corrected chi connectivity index (χ0v) is 16.4. The fourth-order valence-electron chi connectivity index (χ4n) is 2.57. The van der Waals surface area contributed by atoms with Crippen LogP contribution in [-0.2, 0) is 14.3 Å². The number of hydrogen-bond donors (Lipinski definition) is 0. The van der Waals surface area contributed by atoms with Gasteiger partial charge < -0.3 is 9.47 Å². The molecule has 0 aliphatic carbocycles. The molecule has 0 atom stereocenters. The number of imide groups is 1. The van der Waals surface area contributed by atoms with Crippen LogP contribution < -0.4 is 4.74 Å². The molecular weight excluding hydrogens is 354 g/mol. The molecular formula is C19H23NO5S. The Morgan fingerprint density at radius 2 is 2.00 bits per heavy atom. The summed E-state index contributed by atoms with van der Waals surface area (Å²) in [6.45, 7) is 8.20. The highest BCUT2D eigenvalue weighted by Crippen LogP contribution is 2.35. The molecule has 1 aliphatic rings. The van der Waals surface area contributed by atoms with Crippen molar-refractivity contribution in [1.29, 1.82) is 0 Å². The van der Waals surface area contributed by atoms with Crippen LogP contribution in [0, 0.1) is 6.92 Å². The first-order valence-corrected chi connectivity index (χ1v) is 9.19. The average molecular weight is 377 g/mol. The number of methoxy groups -OCH3 is 1. The Morgan fingerprint density at radius 3 is 2.58 bits per heavy atom. The number of carbonyl (C=O) groups is 3. The summed E-state index contributed by atoms with van der Waals surface area (Å²) < 4.78 is 10.2. The van der Waals surface area contributed by atoms with Crippen molar-refractivity contribution >= 4 is 35.0 Å². The van der Waals surface area contributed by atoms with Crippen LogP contribution >= 0.6 is 11.8 Å². The van der Waals surface area contributed by atoms with Crippen molar-refractivity contribution in [3.05, 3.63) is 33.7 Å². The Morgan fingerprint density at radius 1 is 1.31 bits per heavy atom. The third-order valence-corrected chi connectivity index (χ3v) is 4.90. The Kier molecular flexibility index (Phi) is 6.47. The molecule has 0 saturated carbocycles. The van der Waals surface area contributed by atoms with E-state index in [9.17, 15) is 14.4 Å². The van der Waals surface area contributed by atoms with Crippen LogP contribution in [0.15, 0.2) is 17.0 Å². The summed E-state index contributed by atoms with van der Waals surface area (Å²) in [7, 11) is 1.22. The number of amides is 2. The van der Waals surface area contributed by atoms with Crippen molar-refractivity contribution < 1.29 is 23.9 Å². The van der Waals surface area contributed by atoms with Gasteiger partial charge in [-0.3, -0.25) is 19.3 Å². The van der Waals surface area contributed by atoms with Gasteiger partial charge in [0.05, 0.1) is 18.6 Å². The summed E-state index contributed by atoms with van der Waals surface area (Å²) >= 11 is 0.826. The molecule has 0 spiro atoms. The summed E-state index contributed by atoms with van der Waals surface area (Å²) in [4.78, 5) is 37.1. The van der Waals surface area contributed by atoms with Gasteiger partial charge in [-0.1, -0.05) is 13.8 Å². The van der Waals surface area contributed by atoms with E-state index >= 15 is 0 Å². The highest BCUT2D eigenvalue weighted by molar-refractivity contribution is 8.18. The van der Waals surface area contributed by atoms with E-state index in [0.29, 0.717) is 11.5 Å². The SMILES string of the molecule is CCOc1cc(C)c(C=C2SC(=O)N(CC(=O)OC)C2=O)cc1C(C)C. The van der Waals surface area contributed by atoms with Crippen molar-refractivity contribution in [3.8, 4) is 5.75 Å². The van der Waals surface area contributed by atoms with Crippen LogP contribution in [0.2, 0.25) is 0 Å². The molecule has 26 heavy (non-hydrogen) atoms. The van der Waals surface area contributed by atoms with Gasteiger partial charge in [-0.15, -0.1) is 0 Å². The van der Waals surface area contributed by atoms with Crippen molar-refractivity contribution in [2.24, 2.45) is 0 Å². The van der Waals surface area contributed by atoms with Crippen LogP contribution in [0.3, 0.4) is 0 Å². The second kappa shape index (κ2) is 8.40. The lowest BCUT2D eigenvalue weighted by Gasteiger charge is -2.16. The van der Waals surface area contributed by atoms with E-state index in [1.54, 1.807) is 6.08 Å². The van der Waals surface area contributed by atoms with Crippen LogP contribution in [0.5, 0.6) is 5.75 Å². The minimum Gasteiger partial charge on any atom is -0.494 e. The highest BCUT2D eigenvalue weighted by atomic mass is 32.2. The van der Waals surface area contributed by atoms with Gasteiger partial charge in [0.15, 0.2) is 0 Å². The predicted molar refractivity (Wildman–Crippen MR) is 101 cm³/mol. The first-order valence-electron chi connectivity index (χ1n) is 8.38. The summed E-state index contributed by atoms with van der Waals surface area (Å²) in [6.07, 6.45) is 1.69. The maximum atomic E-state index is 12.5. The number of carbonyl (C=O) groups excluding carboxylic acids is 3. The first kappa shape index (κ1) is 20.0. The van der Waals surface area contributed by atoms with Gasteiger partial charge in [0, 0.05) is 0 Å². The molecule has 1 aromatic rings. The van der Waals surface area contributed by atoms with Crippen molar-refractivity contribution in [1.82, 2.24) is 4.90 Å². The number of aryl methyl sites for hydroxylation is 1. The van der Waals surface area contributed by atoms with Crippen molar-refractivity contribution in [2.75, 3.05) is 20.3 Å². The second-order valence-electron chi connectivity index (χ2n) is 6.18. The van der Waals surface area contributed by atoms with Gasteiger partial charge in [-0.25, -0.2) is 0 Å². The topological polar surface area (TPSA) is 72.9 Å². The molecule has 2 rings (SSSR count). The van der Waals surface area contributed by atoms with E-state index in [1.165, 1.54) is 7.11 Å². The quantitative estimate of drug-likeness (QED) is 0.556. The van der Waals surface area contributed by atoms with Crippen LogP contribution in [-0.4, -0.2) is 42.3 Å². The molecule has 6 nitrogen and oxygen atoms in total. The summed E-state index contributed by atoms with van der Waals surface area (Å²) in [5.41, 5.74) is 2.83. The Labute approximate surface area is 157 Å². The fourth-order valence-corrected chi connectivity index (χ4v) is 3.40. The Bertz CT molecular complexity index is 769. The number of esters is 1. The van der Waals surface area contributed by atoms with E-state index in [1.807, 2.05) is 26.0 Å². The fraction of sp³-hybridized carbons (Fsp3) is 0.421. The van der Waals surface area contributed by atoms with Crippen LogP contribution in [0.4, 0.5) is 4.79 Å². The monoisotopic (exact) mass is 377 g/mol. The smallest absolute Gasteiger partial charge is 0.325 e. The molecule has 2 amide bonds. The van der Waals surface area contributed by atoms with E-state index in [0.717, 1.165) is 39.1 Å². The average Bonchev–Trinajstić information content (AvgIpc) is 2.84. The highest BCUT2D eigenvalue weighted by Gasteiger charge is 2.36. The lowest BCUT2D eigenvalue weighted by atomic mass is 9.96. The minimum absolute atomic E-state index is 0.249. The van der Waals surface area contributed by atoms with Crippen molar-refractivity contribution in [2.45, 2.75) is 33.6 Å². The Balaban J connectivity index is 2.37. The van der Waals surface area contributed by atoms with Crippen molar-refractivity contribution in [3.63, 3.8) is 0 Å². The van der Waals surface area contributed by atoms with Gasteiger partial charge in [-0.2, -0.15) is 0 Å². The lowest BCUT2D eigenvalue weighted by Crippen LogP contribution is -2.34. The molecule has 7 heteroatoms. The lowest BCUT2D eigenvalue weighted by molar-refractivity contribution is -0.143. The standard InChI is InChI=1S/C19H23NO5S/c1-6-25-15-7-12(4)13(8-14(15)11(2)3)9-16-18(22)20(19(23)26-16)10-17(21)24-5/h7-9,11H,6,10H2,1-5H3. The molecule has 0 bridgehead atoms. The number of ether oxygens (including phenoxy) is 2. The minimum atomic E-state index is -0.632. The third-order valence-electron chi connectivity index (χ3n) is 4.00. The third kappa shape index (κ3) is 4.27. The number of hydrogen-bond acceptors (Lipinski definition) is 6. The molecule has 1 heterocycles. The van der Waals surface area contributed by atoms with E-state index in [2.05, 4.69) is 18.6 Å². The Hall–Kier alpha value is -2.28. The zero-order valence-electron chi connectivity index (χ0n) is 15.6. The molecule has 0 radical (unpaired) electrons. The number of rotatable bonds is 6. The normalized spacial score (nSPS) is 15.9. The summed E-state index contributed by atoms with van der Waals surface area (Å²) in [5, 5.41) is -0.473. The van der Waals surface area contributed by atoms with E-state index in [4.69, 9.17) is 4.74 Å². The molecule has 1 aromatic carbocycles. The number of nitrogens with zero attached hydrogens (tertiary/aromatic N) is 1. The van der Waals surface area contributed by atoms with Gasteiger partial charge in [0.25, 0.3) is 11.1 Å². The van der Waals surface area contributed by atoms with Crippen LogP contribution in [0.1, 0.15) is 43.4 Å². The molecule has 0 N–H and O–H groups in total. The zero-order chi connectivity index (χ0) is 19.4. The maximum absolute atomic E-state index is 12.5. The van der Waals surface area contributed by atoms with E-state index in [-0.39, 0.29) is 12.5 Å². The summed E-state index contributed by atoms with van der Waals surface area (Å²) in [6, 6.07) is 3.93. The molecule has 0 unspecified atom stereocenters.